The summed E-state index contributed by atoms with van der Waals surface area (Å²) in [6.07, 6.45) is -0.323. The van der Waals surface area contributed by atoms with Gasteiger partial charge in [-0.25, -0.2) is 0 Å². The quantitative estimate of drug-likeness (QED) is 0.857. The van der Waals surface area contributed by atoms with Crippen molar-refractivity contribution in [3.63, 3.8) is 0 Å². The molecule has 2 aromatic rings. The van der Waals surface area contributed by atoms with E-state index in [2.05, 4.69) is 5.32 Å². The van der Waals surface area contributed by atoms with Crippen LogP contribution in [-0.2, 0) is 10.4 Å². The van der Waals surface area contributed by atoms with Gasteiger partial charge in [0.2, 0.25) is 0 Å². The van der Waals surface area contributed by atoms with Crippen molar-refractivity contribution in [3.05, 3.63) is 64.7 Å². The number of carbonyl (C=O) groups is 2. The van der Waals surface area contributed by atoms with Crippen molar-refractivity contribution in [2.24, 2.45) is 0 Å². The van der Waals surface area contributed by atoms with Gasteiger partial charge in [-0.05, 0) is 18.2 Å². The molecular weight excluding hydrogens is 290 g/mol. The average molecular weight is 302 g/mol. The second kappa shape index (κ2) is 4.98. The van der Waals surface area contributed by atoms with Crippen molar-refractivity contribution >= 4 is 29.0 Å². The van der Waals surface area contributed by atoms with E-state index in [0.29, 0.717) is 21.8 Å². The van der Waals surface area contributed by atoms with Gasteiger partial charge in [-0.3, -0.25) is 9.59 Å². The van der Waals surface area contributed by atoms with Gasteiger partial charge < -0.3 is 10.4 Å². The van der Waals surface area contributed by atoms with Gasteiger partial charge in [0, 0.05) is 21.8 Å². The Morgan fingerprint density at radius 3 is 2.62 bits per heavy atom. The minimum absolute atomic E-state index is 0.305. The van der Waals surface area contributed by atoms with Gasteiger partial charge in [-0.15, -0.1) is 0 Å². The predicted molar refractivity (Wildman–Crippen MR) is 79.4 cm³/mol. The molecule has 106 valence electrons. The number of Topliss-reactive ketones (excluding diaryl/α,β-unsaturated/α-hetero) is 1. The summed E-state index contributed by atoms with van der Waals surface area (Å²) in [5.41, 5.74) is -0.612. The molecule has 1 aliphatic heterocycles. The number of aliphatic hydroxyl groups is 1. The summed E-state index contributed by atoms with van der Waals surface area (Å²) in [5, 5.41) is 13.6. The molecule has 2 N–H and O–H groups in total. The smallest absolute Gasteiger partial charge is 0.261 e. The van der Waals surface area contributed by atoms with E-state index in [-0.39, 0.29) is 12.2 Å². The molecule has 0 saturated carbocycles. The molecule has 0 aromatic heterocycles. The number of carbonyl (C=O) groups excluding carboxylic acids is 2. The highest BCUT2D eigenvalue weighted by Gasteiger charge is 2.46. The number of hydrogen-bond acceptors (Lipinski definition) is 3. The number of benzene rings is 2. The summed E-state index contributed by atoms with van der Waals surface area (Å²) in [4.78, 5) is 24.3. The van der Waals surface area contributed by atoms with Crippen molar-refractivity contribution in [2.45, 2.75) is 12.0 Å². The Balaban J connectivity index is 1.97. The highest BCUT2D eigenvalue weighted by molar-refractivity contribution is 6.31. The Morgan fingerprint density at radius 2 is 1.90 bits per heavy atom. The van der Waals surface area contributed by atoms with Crippen molar-refractivity contribution in [1.29, 1.82) is 0 Å². The molecule has 1 amide bonds. The summed E-state index contributed by atoms with van der Waals surface area (Å²) in [7, 11) is 0. The molecule has 0 radical (unpaired) electrons. The zero-order valence-electron chi connectivity index (χ0n) is 11.0. The highest BCUT2D eigenvalue weighted by atomic mass is 35.5. The molecule has 3 rings (SSSR count). The topological polar surface area (TPSA) is 66.4 Å². The fourth-order valence-corrected chi connectivity index (χ4v) is 2.62. The van der Waals surface area contributed by atoms with Crippen molar-refractivity contribution in [1.82, 2.24) is 0 Å². The Bertz CT molecular complexity index is 730. The van der Waals surface area contributed by atoms with E-state index in [1.54, 1.807) is 42.5 Å². The minimum atomic E-state index is -1.88. The van der Waals surface area contributed by atoms with Crippen LogP contribution in [0.2, 0.25) is 5.02 Å². The molecular formula is C16H12ClNO3. The summed E-state index contributed by atoms with van der Waals surface area (Å²) in [5.74, 6) is -0.912. The van der Waals surface area contributed by atoms with Crippen LogP contribution in [0.25, 0.3) is 0 Å². The second-order valence-corrected chi connectivity index (χ2v) is 5.41. The maximum Gasteiger partial charge on any atom is 0.261 e. The first-order chi connectivity index (χ1) is 10.0. The SMILES string of the molecule is O=C(C[C@@]1(O)C(=O)Nc2ccc(Cl)cc21)c1ccccc1. The number of nitrogens with one attached hydrogen (secondary N) is 1. The molecule has 0 saturated heterocycles. The third-order valence-electron chi connectivity index (χ3n) is 3.56. The van der Waals surface area contributed by atoms with Gasteiger partial charge in [-0.1, -0.05) is 41.9 Å². The molecule has 1 heterocycles. The van der Waals surface area contributed by atoms with Gasteiger partial charge in [0.1, 0.15) is 0 Å². The number of amides is 1. The zero-order valence-corrected chi connectivity index (χ0v) is 11.7. The molecule has 0 bridgehead atoms. The maximum atomic E-state index is 12.3. The van der Waals surface area contributed by atoms with E-state index in [1.165, 1.54) is 6.07 Å². The van der Waals surface area contributed by atoms with Crippen LogP contribution in [0, 0.1) is 0 Å². The Hall–Kier alpha value is -2.17. The van der Waals surface area contributed by atoms with Gasteiger partial charge in [0.15, 0.2) is 11.4 Å². The molecule has 0 spiro atoms. The number of ketones is 1. The number of halogens is 1. The molecule has 4 nitrogen and oxygen atoms in total. The molecule has 0 unspecified atom stereocenters. The summed E-state index contributed by atoms with van der Waals surface area (Å²) in [6.45, 7) is 0. The largest absolute Gasteiger partial charge is 0.375 e. The van der Waals surface area contributed by atoms with Crippen LogP contribution in [0.15, 0.2) is 48.5 Å². The normalized spacial score (nSPS) is 20.0. The molecule has 1 atom stereocenters. The first-order valence-electron chi connectivity index (χ1n) is 6.43. The lowest BCUT2D eigenvalue weighted by Crippen LogP contribution is -2.36. The van der Waals surface area contributed by atoms with Crippen LogP contribution < -0.4 is 5.32 Å². The van der Waals surface area contributed by atoms with Crippen LogP contribution >= 0.6 is 11.6 Å². The standard InChI is InChI=1S/C16H12ClNO3/c17-11-6-7-13-12(8-11)16(21,15(20)18-13)9-14(19)10-4-2-1-3-5-10/h1-8,21H,9H2,(H,18,20)/t16-/m0/s1. The van der Waals surface area contributed by atoms with E-state index in [4.69, 9.17) is 11.6 Å². The van der Waals surface area contributed by atoms with E-state index in [0.717, 1.165) is 0 Å². The molecule has 5 heteroatoms. The third kappa shape index (κ3) is 2.33. The van der Waals surface area contributed by atoms with E-state index < -0.39 is 11.5 Å². The number of anilines is 1. The van der Waals surface area contributed by atoms with Crippen LogP contribution in [0.4, 0.5) is 5.69 Å². The predicted octanol–water partition coefficient (Wildman–Crippen LogP) is 2.75. The van der Waals surface area contributed by atoms with Gasteiger partial charge in [-0.2, -0.15) is 0 Å². The number of hydrogen-bond donors (Lipinski definition) is 2. The highest BCUT2D eigenvalue weighted by Crippen LogP contribution is 2.40. The van der Waals surface area contributed by atoms with E-state index >= 15 is 0 Å². The first-order valence-corrected chi connectivity index (χ1v) is 6.80. The number of rotatable bonds is 3. The Labute approximate surface area is 126 Å². The fraction of sp³-hybridized carbons (Fsp3) is 0.125. The molecule has 21 heavy (non-hydrogen) atoms. The zero-order chi connectivity index (χ0) is 15.0. The molecule has 0 aliphatic carbocycles. The van der Waals surface area contributed by atoms with Crippen molar-refractivity contribution < 1.29 is 14.7 Å². The van der Waals surface area contributed by atoms with Gasteiger partial charge >= 0.3 is 0 Å². The van der Waals surface area contributed by atoms with Crippen molar-refractivity contribution in [3.8, 4) is 0 Å². The van der Waals surface area contributed by atoms with Crippen LogP contribution in [0.3, 0.4) is 0 Å². The van der Waals surface area contributed by atoms with E-state index in [1.807, 2.05) is 0 Å². The molecule has 2 aromatic carbocycles. The monoisotopic (exact) mass is 301 g/mol. The Kier molecular flexibility index (Phi) is 3.27. The average Bonchev–Trinajstić information content (AvgIpc) is 2.72. The first kappa shape index (κ1) is 13.8. The van der Waals surface area contributed by atoms with Crippen molar-refractivity contribution in [2.75, 3.05) is 5.32 Å². The fourth-order valence-electron chi connectivity index (χ4n) is 2.45. The lowest BCUT2D eigenvalue weighted by atomic mass is 9.88. The second-order valence-electron chi connectivity index (χ2n) is 4.97. The van der Waals surface area contributed by atoms with Crippen LogP contribution in [0.5, 0.6) is 0 Å². The van der Waals surface area contributed by atoms with Gasteiger partial charge in [0.25, 0.3) is 5.91 Å². The van der Waals surface area contributed by atoms with Crippen LogP contribution in [0.1, 0.15) is 22.3 Å². The molecule has 1 aliphatic rings. The Morgan fingerprint density at radius 1 is 1.19 bits per heavy atom. The summed E-state index contributed by atoms with van der Waals surface area (Å²) in [6, 6.07) is 13.3. The maximum absolute atomic E-state index is 12.3. The lowest BCUT2D eigenvalue weighted by molar-refractivity contribution is -0.133. The van der Waals surface area contributed by atoms with Gasteiger partial charge in [0.05, 0.1) is 6.42 Å². The van der Waals surface area contributed by atoms with Crippen LogP contribution in [-0.4, -0.2) is 16.8 Å². The van der Waals surface area contributed by atoms with E-state index in [9.17, 15) is 14.7 Å². The third-order valence-corrected chi connectivity index (χ3v) is 3.80. The minimum Gasteiger partial charge on any atom is -0.375 e. The molecule has 0 fully saturated rings. The summed E-state index contributed by atoms with van der Waals surface area (Å²) < 4.78 is 0. The summed E-state index contributed by atoms with van der Waals surface area (Å²) >= 11 is 5.92. The number of fused-ring (bicyclic) bond motifs is 1. The lowest BCUT2D eigenvalue weighted by Gasteiger charge is -2.20.